The van der Waals surface area contributed by atoms with Gasteiger partial charge in [0.25, 0.3) is 5.91 Å². The van der Waals surface area contributed by atoms with Crippen LogP contribution >= 0.6 is 22.9 Å². The third-order valence-corrected chi connectivity index (χ3v) is 6.26. The molecular formula is C18H20ClN5O2S. The van der Waals surface area contributed by atoms with Crippen molar-refractivity contribution in [3.63, 3.8) is 0 Å². The normalized spacial score (nSPS) is 14.8. The maximum Gasteiger partial charge on any atom is 0.274 e. The molecule has 0 saturated carbocycles. The SMILES string of the molecule is CCn1ccc(C(=O)N2CCN(c3nc4c(OC)ccc(Cl)c4s3)CC2)n1. The Labute approximate surface area is 166 Å². The molecule has 1 fully saturated rings. The number of carbonyl (C=O) groups is 1. The number of fused-ring (bicyclic) bond motifs is 1. The van der Waals surface area contributed by atoms with Crippen molar-refractivity contribution < 1.29 is 9.53 Å². The second-order valence-corrected chi connectivity index (χ2v) is 7.64. The standard InChI is InChI=1S/C18H20ClN5O2S/c1-3-24-7-6-13(21-24)17(25)22-8-10-23(11-9-22)18-20-15-14(26-2)5-4-12(19)16(15)27-18/h4-7H,3,8-11H2,1-2H3. The minimum atomic E-state index is -0.0177. The molecule has 0 atom stereocenters. The molecule has 4 rings (SSSR count). The molecule has 1 saturated heterocycles. The number of aryl methyl sites for hydroxylation is 1. The summed E-state index contributed by atoms with van der Waals surface area (Å²) in [5.74, 6) is 0.702. The van der Waals surface area contributed by atoms with Gasteiger partial charge in [0.1, 0.15) is 17.0 Å². The van der Waals surface area contributed by atoms with Crippen molar-refractivity contribution in [2.75, 3.05) is 38.2 Å². The number of amides is 1. The Balaban J connectivity index is 1.48. The summed E-state index contributed by atoms with van der Waals surface area (Å²) in [6.45, 7) is 5.47. The molecule has 0 N–H and O–H groups in total. The molecule has 0 aliphatic carbocycles. The molecule has 2 aromatic heterocycles. The first kappa shape index (κ1) is 18.1. The van der Waals surface area contributed by atoms with Gasteiger partial charge in [-0.05, 0) is 25.1 Å². The molecule has 0 spiro atoms. The number of aromatic nitrogens is 3. The predicted octanol–water partition coefficient (Wildman–Crippen LogP) is 3.14. The van der Waals surface area contributed by atoms with Gasteiger partial charge in [0.15, 0.2) is 5.13 Å². The van der Waals surface area contributed by atoms with Crippen LogP contribution in [-0.2, 0) is 6.54 Å². The van der Waals surface area contributed by atoms with E-state index >= 15 is 0 Å². The molecule has 1 aliphatic heterocycles. The Bertz CT molecular complexity index is 977. The zero-order valence-corrected chi connectivity index (χ0v) is 16.8. The van der Waals surface area contributed by atoms with Gasteiger partial charge >= 0.3 is 0 Å². The third kappa shape index (κ3) is 3.35. The van der Waals surface area contributed by atoms with Crippen LogP contribution in [-0.4, -0.2) is 58.9 Å². The predicted molar refractivity (Wildman–Crippen MR) is 107 cm³/mol. The molecule has 1 amide bonds. The highest BCUT2D eigenvalue weighted by Gasteiger charge is 2.25. The van der Waals surface area contributed by atoms with Crippen LogP contribution in [0.5, 0.6) is 5.75 Å². The summed E-state index contributed by atoms with van der Waals surface area (Å²) in [5, 5.41) is 5.89. The molecule has 1 aliphatic rings. The van der Waals surface area contributed by atoms with Crippen LogP contribution < -0.4 is 9.64 Å². The summed E-state index contributed by atoms with van der Waals surface area (Å²) in [6.07, 6.45) is 1.84. The van der Waals surface area contributed by atoms with Gasteiger partial charge in [-0.15, -0.1) is 0 Å². The zero-order chi connectivity index (χ0) is 19.0. The monoisotopic (exact) mass is 405 g/mol. The Kier molecular flexibility index (Phi) is 4.92. The molecule has 3 aromatic rings. The molecule has 27 heavy (non-hydrogen) atoms. The third-order valence-electron chi connectivity index (χ3n) is 4.69. The van der Waals surface area contributed by atoms with Crippen LogP contribution in [0.15, 0.2) is 24.4 Å². The smallest absolute Gasteiger partial charge is 0.274 e. The highest BCUT2D eigenvalue weighted by Crippen LogP contribution is 2.38. The van der Waals surface area contributed by atoms with Gasteiger partial charge < -0.3 is 14.5 Å². The summed E-state index contributed by atoms with van der Waals surface area (Å²) in [6, 6.07) is 5.44. The Morgan fingerprint density at radius 3 is 2.70 bits per heavy atom. The maximum atomic E-state index is 12.6. The summed E-state index contributed by atoms with van der Waals surface area (Å²) in [7, 11) is 1.63. The number of halogens is 1. The minimum absolute atomic E-state index is 0.0177. The number of thiazole rings is 1. The zero-order valence-electron chi connectivity index (χ0n) is 15.2. The first-order chi connectivity index (χ1) is 13.1. The van der Waals surface area contributed by atoms with Crippen molar-refractivity contribution in [3.05, 3.63) is 35.1 Å². The van der Waals surface area contributed by atoms with Gasteiger partial charge in [-0.2, -0.15) is 5.10 Å². The molecule has 0 unspecified atom stereocenters. The van der Waals surface area contributed by atoms with E-state index in [1.54, 1.807) is 29.2 Å². The van der Waals surface area contributed by atoms with Gasteiger partial charge in [-0.25, -0.2) is 4.98 Å². The highest BCUT2D eigenvalue weighted by molar-refractivity contribution is 7.22. The van der Waals surface area contributed by atoms with Gasteiger partial charge in [0, 0.05) is 38.9 Å². The molecule has 0 bridgehead atoms. The van der Waals surface area contributed by atoms with E-state index in [0.29, 0.717) is 23.8 Å². The Morgan fingerprint density at radius 2 is 2.04 bits per heavy atom. The number of ether oxygens (including phenoxy) is 1. The molecule has 0 radical (unpaired) electrons. The van der Waals surface area contributed by atoms with E-state index in [1.165, 1.54) is 0 Å². The molecular weight excluding hydrogens is 386 g/mol. The van der Waals surface area contributed by atoms with E-state index in [2.05, 4.69) is 10.00 Å². The van der Waals surface area contributed by atoms with E-state index in [-0.39, 0.29) is 5.91 Å². The average Bonchev–Trinajstić information content (AvgIpc) is 3.36. The lowest BCUT2D eigenvalue weighted by Gasteiger charge is -2.34. The largest absolute Gasteiger partial charge is 0.494 e. The van der Waals surface area contributed by atoms with Crippen molar-refractivity contribution in [2.24, 2.45) is 0 Å². The van der Waals surface area contributed by atoms with Crippen molar-refractivity contribution >= 4 is 44.2 Å². The summed E-state index contributed by atoms with van der Waals surface area (Å²) in [4.78, 5) is 21.4. The number of nitrogens with zero attached hydrogens (tertiary/aromatic N) is 5. The fourth-order valence-corrected chi connectivity index (χ4v) is 4.46. The second kappa shape index (κ2) is 7.36. The quantitative estimate of drug-likeness (QED) is 0.667. The fraction of sp³-hybridized carbons (Fsp3) is 0.389. The van der Waals surface area contributed by atoms with E-state index in [9.17, 15) is 4.79 Å². The van der Waals surface area contributed by atoms with E-state index in [1.807, 2.05) is 30.2 Å². The molecule has 1 aromatic carbocycles. The van der Waals surface area contributed by atoms with E-state index < -0.39 is 0 Å². The first-order valence-electron chi connectivity index (χ1n) is 8.81. The number of methoxy groups -OCH3 is 1. The topological polar surface area (TPSA) is 63.5 Å². The van der Waals surface area contributed by atoms with Crippen molar-refractivity contribution in [1.82, 2.24) is 19.7 Å². The Hall–Kier alpha value is -2.32. The fourth-order valence-electron chi connectivity index (χ4n) is 3.16. The summed E-state index contributed by atoms with van der Waals surface area (Å²) < 4.78 is 8.09. The molecule has 3 heterocycles. The lowest BCUT2D eigenvalue weighted by atomic mass is 10.3. The van der Waals surface area contributed by atoms with Gasteiger partial charge in [-0.3, -0.25) is 9.48 Å². The number of benzene rings is 1. The lowest BCUT2D eigenvalue weighted by molar-refractivity contribution is 0.0740. The van der Waals surface area contributed by atoms with Crippen molar-refractivity contribution in [1.29, 1.82) is 0 Å². The van der Waals surface area contributed by atoms with Gasteiger partial charge in [-0.1, -0.05) is 22.9 Å². The highest BCUT2D eigenvalue weighted by atomic mass is 35.5. The van der Waals surface area contributed by atoms with Crippen molar-refractivity contribution in [3.8, 4) is 5.75 Å². The number of anilines is 1. The second-order valence-electron chi connectivity index (χ2n) is 6.26. The minimum Gasteiger partial charge on any atom is -0.494 e. The summed E-state index contributed by atoms with van der Waals surface area (Å²) in [5.41, 5.74) is 1.29. The number of piperazine rings is 1. The van der Waals surface area contributed by atoms with Crippen LogP contribution in [0, 0.1) is 0 Å². The van der Waals surface area contributed by atoms with Gasteiger partial charge in [0.2, 0.25) is 0 Å². The van der Waals surface area contributed by atoms with E-state index in [4.69, 9.17) is 21.3 Å². The molecule has 7 nitrogen and oxygen atoms in total. The lowest BCUT2D eigenvalue weighted by Crippen LogP contribution is -2.48. The van der Waals surface area contributed by atoms with Crippen LogP contribution in [0.1, 0.15) is 17.4 Å². The van der Waals surface area contributed by atoms with Crippen LogP contribution in [0.4, 0.5) is 5.13 Å². The first-order valence-corrected chi connectivity index (χ1v) is 10.0. The van der Waals surface area contributed by atoms with Gasteiger partial charge in [0.05, 0.1) is 16.8 Å². The summed E-state index contributed by atoms with van der Waals surface area (Å²) >= 11 is 7.88. The number of rotatable bonds is 4. The van der Waals surface area contributed by atoms with Crippen LogP contribution in [0.2, 0.25) is 5.02 Å². The van der Waals surface area contributed by atoms with E-state index in [0.717, 1.165) is 40.7 Å². The van der Waals surface area contributed by atoms with Crippen LogP contribution in [0.25, 0.3) is 10.2 Å². The number of hydrogen-bond acceptors (Lipinski definition) is 6. The Morgan fingerprint density at radius 1 is 1.26 bits per heavy atom. The van der Waals surface area contributed by atoms with Crippen molar-refractivity contribution in [2.45, 2.75) is 13.5 Å². The van der Waals surface area contributed by atoms with Crippen LogP contribution in [0.3, 0.4) is 0 Å². The number of hydrogen-bond donors (Lipinski definition) is 0. The average molecular weight is 406 g/mol. The molecule has 142 valence electrons. The maximum absolute atomic E-state index is 12.6. The molecule has 9 heteroatoms. The number of carbonyl (C=O) groups excluding carboxylic acids is 1.